The third-order valence-corrected chi connectivity index (χ3v) is 2.56. The summed E-state index contributed by atoms with van der Waals surface area (Å²) in [6.07, 6.45) is 1.41. The molecule has 1 aromatic carbocycles. The van der Waals surface area contributed by atoms with Gasteiger partial charge < -0.3 is 9.15 Å². The van der Waals surface area contributed by atoms with Crippen molar-refractivity contribution < 1.29 is 13.9 Å². The highest BCUT2D eigenvalue weighted by atomic mass is 35.5. The van der Waals surface area contributed by atoms with Crippen molar-refractivity contribution in [2.75, 3.05) is 0 Å². The highest BCUT2D eigenvalue weighted by Gasteiger charge is 2.13. The van der Waals surface area contributed by atoms with Gasteiger partial charge in [0.2, 0.25) is 0 Å². The third kappa shape index (κ3) is 2.82. The van der Waals surface area contributed by atoms with Crippen LogP contribution in [-0.2, 0) is 6.61 Å². The molecule has 1 amide bonds. The van der Waals surface area contributed by atoms with Gasteiger partial charge in [-0.15, -0.1) is 0 Å². The van der Waals surface area contributed by atoms with Crippen molar-refractivity contribution in [2.24, 2.45) is 5.84 Å². The number of carbonyl (C=O) groups is 1. The molecule has 18 heavy (non-hydrogen) atoms. The number of rotatable bonds is 4. The summed E-state index contributed by atoms with van der Waals surface area (Å²) < 4.78 is 10.6. The fraction of sp³-hybridized carbons (Fsp3) is 0.0833. The number of ether oxygens (including phenoxy) is 1. The smallest absolute Gasteiger partial charge is 0.268 e. The van der Waals surface area contributed by atoms with Gasteiger partial charge >= 0.3 is 0 Å². The number of nitrogens with two attached hydrogens (primary N) is 1. The molecule has 6 heteroatoms. The molecular formula is C12H11ClN2O3. The number of hydrazine groups is 1. The molecule has 0 aliphatic heterocycles. The number of furan rings is 1. The SMILES string of the molecule is NNC(=O)c1ccoc1COc1ccc(Cl)cc1. The minimum Gasteiger partial charge on any atom is -0.486 e. The molecule has 0 aliphatic carbocycles. The van der Waals surface area contributed by atoms with Crippen molar-refractivity contribution in [3.05, 3.63) is 52.9 Å². The van der Waals surface area contributed by atoms with Crippen LogP contribution < -0.4 is 16.0 Å². The summed E-state index contributed by atoms with van der Waals surface area (Å²) in [4.78, 5) is 11.4. The number of hydrogen-bond donors (Lipinski definition) is 2. The molecule has 0 spiro atoms. The molecule has 5 nitrogen and oxygen atoms in total. The Labute approximate surface area is 108 Å². The second-order valence-electron chi connectivity index (χ2n) is 3.47. The fourth-order valence-corrected chi connectivity index (χ4v) is 1.54. The van der Waals surface area contributed by atoms with Crippen molar-refractivity contribution in [1.82, 2.24) is 5.43 Å². The first-order valence-corrected chi connectivity index (χ1v) is 5.54. The van der Waals surface area contributed by atoms with Crippen LogP contribution in [0.25, 0.3) is 0 Å². The maximum atomic E-state index is 11.4. The maximum absolute atomic E-state index is 11.4. The Morgan fingerprint density at radius 2 is 2.06 bits per heavy atom. The van der Waals surface area contributed by atoms with Crippen molar-refractivity contribution in [3.8, 4) is 5.75 Å². The van der Waals surface area contributed by atoms with Gasteiger partial charge in [0.15, 0.2) is 5.76 Å². The van der Waals surface area contributed by atoms with Gasteiger partial charge in [0.05, 0.1) is 11.8 Å². The van der Waals surface area contributed by atoms with Crippen LogP contribution in [0.15, 0.2) is 41.0 Å². The van der Waals surface area contributed by atoms with E-state index < -0.39 is 5.91 Å². The van der Waals surface area contributed by atoms with Crippen LogP contribution in [-0.4, -0.2) is 5.91 Å². The molecule has 0 fully saturated rings. The predicted octanol–water partition coefficient (Wildman–Crippen LogP) is 2.12. The summed E-state index contributed by atoms with van der Waals surface area (Å²) in [7, 11) is 0. The van der Waals surface area contributed by atoms with Crippen molar-refractivity contribution in [1.29, 1.82) is 0 Å². The first kappa shape index (κ1) is 12.5. The number of nitrogen functional groups attached to an aromatic ring is 1. The Bertz CT molecular complexity index is 537. The van der Waals surface area contributed by atoms with E-state index in [1.165, 1.54) is 12.3 Å². The quantitative estimate of drug-likeness (QED) is 0.505. The Hall–Kier alpha value is -1.98. The molecule has 0 aliphatic rings. The van der Waals surface area contributed by atoms with E-state index >= 15 is 0 Å². The lowest BCUT2D eigenvalue weighted by molar-refractivity contribution is 0.0949. The third-order valence-electron chi connectivity index (χ3n) is 2.30. The zero-order chi connectivity index (χ0) is 13.0. The topological polar surface area (TPSA) is 77.5 Å². The van der Waals surface area contributed by atoms with E-state index in [1.807, 2.05) is 5.43 Å². The van der Waals surface area contributed by atoms with Gasteiger partial charge in [-0.2, -0.15) is 0 Å². The number of nitrogens with one attached hydrogen (secondary N) is 1. The number of halogens is 1. The lowest BCUT2D eigenvalue weighted by Crippen LogP contribution is -2.30. The molecule has 0 bridgehead atoms. The van der Waals surface area contributed by atoms with E-state index in [1.54, 1.807) is 24.3 Å². The molecule has 1 heterocycles. The van der Waals surface area contributed by atoms with Gasteiger partial charge in [0, 0.05) is 5.02 Å². The van der Waals surface area contributed by atoms with E-state index in [4.69, 9.17) is 26.6 Å². The Morgan fingerprint density at radius 3 is 2.72 bits per heavy atom. The normalized spacial score (nSPS) is 10.1. The molecule has 0 saturated carbocycles. The average Bonchev–Trinajstić information content (AvgIpc) is 2.85. The molecular weight excluding hydrogens is 256 g/mol. The van der Waals surface area contributed by atoms with Gasteiger partial charge in [-0.25, -0.2) is 5.84 Å². The first-order valence-electron chi connectivity index (χ1n) is 5.16. The minimum absolute atomic E-state index is 0.136. The van der Waals surface area contributed by atoms with Gasteiger partial charge in [0.1, 0.15) is 12.4 Å². The van der Waals surface area contributed by atoms with E-state index in [9.17, 15) is 4.79 Å². The molecule has 0 saturated heterocycles. The van der Waals surface area contributed by atoms with E-state index in [0.717, 1.165) is 0 Å². The van der Waals surface area contributed by atoms with E-state index in [-0.39, 0.29) is 6.61 Å². The van der Waals surface area contributed by atoms with Gasteiger partial charge in [-0.1, -0.05) is 11.6 Å². The number of amides is 1. The van der Waals surface area contributed by atoms with Crippen LogP contribution in [0, 0.1) is 0 Å². The van der Waals surface area contributed by atoms with Crippen LogP contribution in [0.4, 0.5) is 0 Å². The van der Waals surface area contributed by atoms with Crippen LogP contribution in [0.2, 0.25) is 5.02 Å². The standard InChI is InChI=1S/C12H11ClN2O3/c13-8-1-3-9(4-2-8)18-7-11-10(5-6-17-11)12(16)15-14/h1-6H,7,14H2,(H,15,16). The Morgan fingerprint density at radius 1 is 1.33 bits per heavy atom. The van der Waals surface area contributed by atoms with Gasteiger partial charge in [0.25, 0.3) is 5.91 Å². The Balaban J connectivity index is 2.04. The highest BCUT2D eigenvalue weighted by Crippen LogP contribution is 2.18. The van der Waals surface area contributed by atoms with Crippen molar-refractivity contribution in [2.45, 2.75) is 6.61 Å². The largest absolute Gasteiger partial charge is 0.486 e. The molecule has 3 N–H and O–H groups in total. The number of hydrogen-bond acceptors (Lipinski definition) is 4. The molecule has 0 radical (unpaired) electrons. The molecule has 1 aromatic heterocycles. The van der Waals surface area contributed by atoms with Crippen LogP contribution in [0.5, 0.6) is 5.75 Å². The monoisotopic (exact) mass is 266 g/mol. The van der Waals surface area contributed by atoms with Crippen LogP contribution >= 0.6 is 11.6 Å². The summed E-state index contributed by atoms with van der Waals surface area (Å²) in [5.41, 5.74) is 2.39. The fourth-order valence-electron chi connectivity index (χ4n) is 1.41. The van der Waals surface area contributed by atoms with Gasteiger partial charge in [-0.05, 0) is 30.3 Å². The molecule has 2 aromatic rings. The average molecular weight is 267 g/mol. The summed E-state index contributed by atoms with van der Waals surface area (Å²) in [6, 6.07) is 8.42. The van der Waals surface area contributed by atoms with E-state index in [0.29, 0.717) is 22.1 Å². The lowest BCUT2D eigenvalue weighted by atomic mass is 10.2. The van der Waals surface area contributed by atoms with Crippen molar-refractivity contribution >= 4 is 17.5 Å². The zero-order valence-corrected chi connectivity index (χ0v) is 10.1. The summed E-state index contributed by atoms with van der Waals surface area (Å²) in [5, 5.41) is 0.628. The summed E-state index contributed by atoms with van der Waals surface area (Å²) in [5.74, 6) is 5.69. The molecule has 2 rings (SSSR count). The summed E-state index contributed by atoms with van der Waals surface area (Å²) in [6.45, 7) is 0.136. The van der Waals surface area contributed by atoms with E-state index in [2.05, 4.69) is 0 Å². The first-order chi connectivity index (χ1) is 8.70. The number of carbonyl (C=O) groups excluding carboxylic acids is 1. The zero-order valence-electron chi connectivity index (χ0n) is 9.35. The second kappa shape index (κ2) is 5.57. The maximum Gasteiger partial charge on any atom is 0.268 e. The van der Waals surface area contributed by atoms with Crippen molar-refractivity contribution in [3.63, 3.8) is 0 Å². The second-order valence-corrected chi connectivity index (χ2v) is 3.91. The number of benzene rings is 1. The lowest BCUT2D eigenvalue weighted by Gasteiger charge is -2.05. The Kier molecular flexibility index (Phi) is 3.86. The molecule has 0 atom stereocenters. The minimum atomic E-state index is -0.418. The van der Waals surface area contributed by atoms with Gasteiger partial charge in [-0.3, -0.25) is 10.2 Å². The molecule has 0 unspecified atom stereocenters. The summed E-state index contributed by atoms with van der Waals surface area (Å²) >= 11 is 5.76. The van der Waals surface area contributed by atoms with Crippen LogP contribution in [0.1, 0.15) is 16.1 Å². The highest BCUT2D eigenvalue weighted by molar-refractivity contribution is 6.30. The predicted molar refractivity (Wildman–Crippen MR) is 66.1 cm³/mol. The molecule has 94 valence electrons. The van der Waals surface area contributed by atoms with Crippen LogP contribution in [0.3, 0.4) is 0 Å².